The number of amides is 1. The number of rotatable bonds is 28. The van der Waals surface area contributed by atoms with Gasteiger partial charge in [0.05, 0.1) is 112 Å². The summed E-state index contributed by atoms with van der Waals surface area (Å²) in [4.78, 5) is 11.9. The number of fused-ring (bicyclic) bond motifs is 1. The normalized spacial score (nSPS) is 19.5. The number of carbonyl (C=O) groups is 1. The molecule has 1 unspecified atom stereocenters. The molecule has 238 valence electrons. The highest BCUT2D eigenvalue weighted by atomic mass is 16.6. The molecule has 0 heterocycles. The Morgan fingerprint density at radius 1 is 0.585 bits per heavy atom. The first-order chi connectivity index (χ1) is 20.3. The summed E-state index contributed by atoms with van der Waals surface area (Å²) in [5.74, 6) is 8.25. The third-order valence-corrected chi connectivity index (χ3v) is 6.63. The van der Waals surface area contributed by atoms with Crippen molar-refractivity contribution in [1.82, 2.24) is 5.32 Å². The van der Waals surface area contributed by atoms with E-state index in [1.807, 2.05) is 0 Å². The fraction of sp³-hybridized carbons (Fsp3) is 0.897. The van der Waals surface area contributed by atoms with Crippen LogP contribution in [0.1, 0.15) is 25.7 Å². The maximum absolute atomic E-state index is 11.9. The van der Waals surface area contributed by atoms with E-state index < -0.39 is 0 Å². The highest BCUT2D eigenvalue weighted by Gasteiger charge is 2.49. The van der Waals surface area contributed by atoms with E-state index in [-0.39, 0.29) is 6.09 Å². The van der Waals surface area contributed by atoms with Crippen LogP contribution in [0.2, 0.25) is 0 Å². The molecule has 12 nitrogen and oxygen atoms in total. The van der Waals surface area contributed by atoms with E-state index in [4.69, 9.17) is 48.4 Å². The summed E-state index contributed by atoms with van der Waals surface area (Å²) in [7, 11) is 0. The molecule has 1 saturated carbocycles. The van der Waals surface area contributed by atoms with E-state index in [2.05, 4.69) is 17.2 Å². The van der Waals surface area contributed by atoms with Crippen molar-refractivity contribution < 1.29 is 47.4 Å². The van der Waals surface area contributed by atoms with Crippen molar-refractivity contribution in [2.45, 2.75) is 25.7 Å². The SMILES string of the molecule is NCCOCCOCCOCCOCCOCCOCCOCCOCCNC(=O)OCC1[C@H]2CCC#CCC[C@@H]12. The van der Waals surface area contributed by atoms with Crippen molar-refractivity contribution in [3.05, 3.63) is 0 Å². The molecule has 2 aliphatic rings. The van der Waals surface area contributed by atoms with Gasteiger partial charge in [-0.05, 0) is 30.6 Å². The van der Waals surface area contributed by atoms with E-state index in [1.54, 1.807) is 0 Å². The van der Waals surface area contributed by atoms with Gasteiger partial charge in [0, 0.05) is 25.9 Å². The molecule has 2 aliphatic carbocycles. The maximum Gasteiger partial charge on any atom is 0.407 e. The first-order valence-electron chi connectivity index (χ1n) is 15.0. The second kappa shape index (κ2) is 26.1. The number of nitrogens with one attached hydrogen (secondary N) is 1. The van der Waals surface area contributed by atoms with Crippen molar-refractivity contribution in [1.29, 1.82) is 0 Å². The summed E-state index contributed by atoms with van der Waals surface area (Å²) in [5.41, 5.74) is 5.33. The molecule has 3 N–H and O–H groups in total. The highest BCUT2D eigenvalue weighted by molar-refractivity contribution is 5.67. The molecular formula is C29H52N2O10. The lowest BCUT2D eigenvalue weighted by atomic mass is 10.1. The summed E-state index contributed by atoms with van der Waals surface area (Å²) in [6.45, 7) is 9.51. The molecule has 0 saturated heterocycles. The van der Waals surface area contributed by atoms with Gasteiger partial charge >= 0.3 is 6.09 Å². The van der Waals surface area contributed by atoms with Crippen LogP contribution in [0, 0.1) is 29.6 Å². The molecule has 0 aliphatic heterocycles. The molecular weight excluding hydrogens is 536 g/mol. The Hall–Kier alpha value is -1.53. The number of hydrogen-bond acceptors (Lipinski definition) is 11. The van der Waals surface area contributed by atoms with Crippen LogP contribution in [0.15, 0.2) is 0 Å². The Bertz CT molecular complexity index is 672. The largest absolute Gasteiger partial charge is 0.449 e. The van der Waals surface area contributed by atoms with Crippen LogP contribution >= 0.6 is 0 Å². The number of carbonyl (C=O) groups excluding carboxylic acids is 1. The standard InChI is InChI=1S/C29H52N2O10/c30-7-9-33-11-13-35-15-17-37-19-21-39-23-24-40-22-20-38-18-16-36-14-12-34-10-8-31-29(32)41-25-28-26-5-3-1-2-4-6-27(26)28/h26-28H,3-25,30H2,(H,31,32)/t26-,27+,28?. The number of hydrogen-bond donors (Lipinski definition) is 2. The fourth-order valence-electron chi connectivity index (χ4n) is 4.46. The second-order valence-corrected chi connectivity index (χ2v) is 9.64. The van der Waals surface area contributed by atoms with Crippen LogP contribution in [-0.4, -0.2) is 131 Å². The Labute approximate surface area is 245 Å². The van der Waals surface area contributed by atoms with Crippen LogP contribution in [0.5, 0.6) is 0 Å². The van der Waals surface area contributed by atoms with E-state index in [1.165, 1.54) is 0 Å². The zero-order chi connectivity index (χ0) is 29.1. The van der Waals surface area contributed by atoms with Crippen molar-refractivity contribution in [3.63, 3.8) is 0 Å². The summed E-state index contributed by atoms with van der Waals surface area (Å²) in [6.07, 6.45) is 3.81. The minimum Gasteiger partial charge on any atom is -0.449 e. The minimum absolute atomic E-state index is 0.377. The molecule has 1 amide bonds. The van der Waals surface area contributed by atoms with Crippen molar-refractivity contribution >= 4 is 6.09 Å². The van der Waals surface area contributed by atoms with Crippen LogP contribution in [0.4, 0.5) is 4.79 Å². The van der Waals surface area contributed by atoms with Crippen LogP contribution in [0.25, 0.3) is 0 Å². The predicted molar refractivity (Wildman–Crippen MR) is 152 cm³/mol. The first-order valence-corrected chi connectivity index (χ1v) is 15.0. The number of nitrogens with two attached hydrogens (primary N) is 1. The molecule has 1 fully saturated rings. The fourth-order valence-corrected chi connectivity index (χ4v) is 4.46. The van der Waals surface area contributed by atoms with Gasteiger partial charge in [0.25, 0.3) is 0 Å². The van der Waals surface area contributed by atoms with E-state index in [0.717, 1.165) is 25.7 Å². The van der Waals surface area contributed by atoms with Gasteiger partial charge in [0.2, 0.25) is 0 Å². The lowest BCUT2D eigenvalue weighted by molar-refractivity contribution is -0.0228. The molecule has 0 aromatic carbocycles. The smallest absolute Gasteiger partial charge is 0.407 e. The van der Waals surface area contributed by atoms with E-state index >= 15 is 0 Å². The zero-order valence-electron chi connectivity index (χ0n) is 24.7. The molecule has 2 rings (SSSR count). The topological polar surface area (TPSA) is 138 Å². The van der Waals surface area contributed by atoms with Gasteiger partial charge in [0.1, 0.15) is 0 Å². The van der Waals surface area contributed by atoms with Gasteiger partial charge in [-0.2, -0.15) is 0 Å². The quantitative estimate of drug-likeness (QED) is 0.101. The van der Waals surface area contributed by atoms with Crippen LogP contribution < -0.4 is 11.1 Å². The molecule has 41 heavy (non-hydrogen) atoms. The Morgan fingerprint density at radius 3 is 1.34 bits per heavy atom. The van der Waals surface area contributed by atoms with Crippen molar-refractivity contribution in [3.8, 4) is 11.8 Å². The van der Waals surface area contributed by atoms with Crippen LogP contribution in [0.3, 0.4) is 0 Å². The maximum atomic E-state index is 11.9. The summed E-state index contributed by atoms with van der Waals surface area (Å²) >= 11 is 0. The average molecular weight is 589 g/mol. The molecule has 0 bridgehead atoms. The molecule has 0 radical (unpaired) electrons. The average Bonchev–Trinajstić information content (AvgIpc) is 3.62. The van der Waals surface area contributed by atoms with Crippen molar-refractivity contribution in [2.75, 3.05) is 125 Å². The lowest BCUT2D eigenvalue weighted by Gasteiger charge is -2.09. The monoisotopic (exact) mass is 588 g/mol. The predicted octanol–water partition coefficient (Wildman–Crippen LogP) is 1.24. The summed E-state index contributed by atoms with van der Waals surface area (Å²) in [5, 5.41) is 2.73. The second-order valence-electron chi connectivity index (χ2n) is 9.64. The van der Waals surface area contributed by atoms with Gasteiger partial charge in [-0.1, -0.05) is 0 Å². The minimum atomic E-state index is -0.377. The lowest BCUT2D eigenvalue weighted by Crippen LogP contribution is -2.29. The molecule has 12 heteroatoms. The van der Waals surface area contributed by atoms with Crippen molar-refractivity contribution in [2.24, 2.45) is 23.5 Å². The summed E-state index contributed by atoms with van der Waals surface area (Å²) in [6, 6.07) is 0. The number of ether oxygens (including phenoxy) is 9. The first kappa shape index (κ1) is 35.7. The van der Waals surface area contributed by atoms with Gasteiger partial charge in [-0.3, -0.25) is 0 Å². The van der Waals surface area contributed by atoms with Crippen LogP contribution in [-0.2, 0) is 42.6 Å². The zero-order valence-corrected chi connectivity index (χ0v) is 24.7. The molecule has 0 spiro atoms. The third-order valence-electron chi connectivity index (χ3n) is 6.63. The van der Waals surface area contributed by atoms with Gasteiger partial charge in [-0.25, -0.2) is 4.79 Å². The summed E-state index contributed by atoms with van der Waals surface area (Å²) < 4.78 is 48.7. The molecule has 0 aromatic rings. The van der Waals surface area contributed by atoms with Gasteiger partial charge in [-0.15, -0.1) is 11.8 Å². The molecule has 3 atom stereocenters. The Morgan fingerprint density at radius 2 is 0.951 bits per heavy atom. The van der Waals surface area contributed by atoms with E-state index in [0.29, 0.717) is 143 Å². The Kier molecular flexibility index (Phi) is 22.7. The van der Waals surface area contributed by atoms with Gasteiger partial charge < -0.3 is 53.7 Å². The highest BCUT2D eigenvalue weighted by Crippen LogP contribution is 2.52. The Balaban J connectivity index is 1.19. The number of alkyl carbamates (subject to hydrolysis) is 1. The third kappa shape index (κ3) is 20.1. The van der Waals surface area contributed by atoms with E-state index in [9.17, 15) is 4.79 Å². The van der Waals surface area contributed by atoms with Gasteiger partial charge in [0.15, 0.2) is 0 Å². The molecule has 0 aromatic heterocycles.